The number of halogens is 1. The van der Waals surface area contributed by atoms with Crippen LogP contribution in [-0.4, -0.2) is 46.6 Å². The van der Waals surface area contributed by atoms with Crippen LogP contribution in [0.15, 0.2) is 70.9 Å². The summed E-state index contributed by atoms with van der Waals surface area (Å²) < 4.78 is 36.3. The molecule has 4 aromatic rings. The van der Waals surface area contributed by atoms with Crippen LogP contribution in [0.2, 0.25) is 5.02 Å². The predicted octanol–water partition coefficient (Wildman–Crippen LogP) is 5.99. The summed E-state index contributed by atoms with van der Waals surface area (Å²) in [4.78, 5) is 4.69. The standard InChI is InChI=1S/C27H28ClN3O3S2/c1-19-23-16-21(28)8-11-26(23)35-27(19)36(32,33)29-22-9-10-25(34-2)24(17-22)31-14-12-30(13-15-31)18-20-6-4-3-5-7-20/h3-11,16-17,29H,12-15,18H2,1-2H3. The first-order valence-electron chi connectivity index (χ1n) is 11.7. The van der Waals surface area contributed by atoms with E-state index in [0.717, 1.165) is 54.2 Å². The number of nitrogens with zero attached hydrogens (tertiary/aromatic N) is 2. The number of rotatable bonds is 7. The molecular formula is C27H28ClN3O3S2. The maximum Gasteiger partial charge on any atom is 0.271 e. The molecule has 5 rings (SSSR count). The molecule has 0 spiro atoms. The smallest absolute Gasteiger partial charge is 0.271 e. The van der Waals surface area contributed by atoms with Crippen LogP contribution < -0.4 is 14.4 Å². The zero-order valence-corrected chi connectivity index (χ0v) is 22.6. The van der Waals surface area contributed by atoms with Crippen LogP contribution in [0, 0.1) is 6.92 Å². The first kappa shape index (κ1) is 24.9. The summed E-state index contributed by atoms with van der Waals surface area (Å²) in [5.74, 6) is 0.724. The summed E-state index contributed by atoms with van der Waals surface area (Å²) in [5.41, 5.74) is 3.40. The second-order valence-corrected chi connectivity index (χ2v) is 12.3. The minimum absolute atomic E-state index is 0.298. The highest BCUT2D eigenvalue weighted by Crippen LogP contribution is 2.38. The van der Waals surface area contributed by atoms with Gasteiger partial charge in [0.2, 0.25) is 0 Å². The molecule has 36 heavy (non-hydrogen) atoms. The van der Waals surface area contributed by atoms with E-state index in [0.29, 0.717) is 20.5 Å². The molecule has 188 valence electrons. The van der Waals surface area contributed by atoms with Gasteiger partial charge in [0.15, 0.2) is 0 Å². The Morgan fingerprint density at radius 3 is 2.47 bits per heavy atom. The summed E-state index contributed by atoms with van der Waals surface area (Å²) in [6, 6.07) is 21.3. The molecule has 0 saturated carbocycles. The van der Waals surface area contributed by atoms with Crippen molar-refractivity contribution in [2.45, 2.75) is 17.7 Å². The van der Waals surface area contributed by atoms with Crippen molar-refractivity contribution in [3.63, 3.8) is 0 Å². The Morgan fingerprint density at radius 1 is 1.00 bits per heavy atom. The topological polar surface area (TPSA) is 61.9 Å². The average molecular weight is 542 g/mol. The van der Waals surface area contributed by atoms with E-state index >= 15 is 0 Å². The number of piperazine rings is 1. The van der Waals surface area contributed by atoms with Crippen molar-refractivity contribution in [2.75, 3.05) is 42.9 Å². The molecule has 1 aliphatic rings. The molecule has 2 heterocycles. The molecule has 3 aromatic carbocycles. The van der Waals surface area contributed by atoms with E-state index in [1.807, 2.05) is 37.3 Å². The number of ether oxygens (including phenoxy) is 1. The normalized spacial score (nSPS) is 14.8. The van der Waals surface area contributed by atoms with Crippen molar-refractivity contribution >= 4 is 54.4 Å². The van der Waals surface area contributed by atoms with Gasteiger partial charge in [-0.1, -0.05) is 41.9 Å². The fourth-order valence-electron chi connectivity index (χ4n) is 4.62. The molecule has 9 heteroatoms. The number of thiophene rings is 1. The van der Waals surface area contributed by atoms with Gasteiger partial charge in [0, 0.05) is 42.4 Å². The quantitative estimate of drug-likeness (QED) is 0.311. The molecule has 0 aliphatic carbocycles. The number of aryl methyl sites for hydroxylation is 1. The Kier molecular flexibility index (Phi) is 7.12. The van der Waals surface area contributed by atoms with Crippen molar-refractivity contribution in [3.05, 3.63) is 82.9 Å². The lowest BCUT2D eigenvalue weighted by molar-refractivity contribution is 0.249. The highest BCUT2D eigenvalue weighted by molar-refractivity contribution is 7.94. The number of nitrogens with one attached hydrogen (secondary N) is 1. The zero-order chi connectivity index (χ0) is 25.3. The fraction of sp³-hybridized carbons (Fsp3) is 0.259. The summed E-state index contributed by atoms with van der Waals surface area (Å²) in [5, 5.41) is 1.45. The minimum atomic E-state index is -3.77. The highest BCUT2D eigenvalue weighted by atomic mass is 35.5. The largest absolute Gasteiger partial charge is 0.495 e. The number of sulfonamides is 1. The lowest BCUT2D eigenvalue weighted by Gasteiger charge is -2.36. The van der Waals surface area contributed by atoms with Crippen LogP contribution >= 0.6 is 22.9 Å². The molecular weight excluding hydrogens is 514 g/mol. The Bertz CT molecular complexity index is 1480. The highest BCUT2D eigenvalue weighted by Gasteiger charge is 2.24. The number of anilines is 2. The van der Waals surface area contributed by atoms with E-state index in [2.05, 4.69) is 38.8 Å². The van der Waals surface area contributed by atoms with Gasteiger partial charge in [0.1, 0.15) is 9.96 Å². The van der Waals surface area contributed by atoms with Crippen molar-refractivity contribution in [3.8, 4) is 5.75 Å². The van der Waals surface area contributed by atoms with E-state index in [9.17, 15) is 8.42 Å². The number of methoxy groups -OCH3 is 1. The van der Waals surface area contributed by atoms with E-state index in [4.69, 9.17) is 16.3 Å². The van der Waals surface area contributed by atoms with E-state index in [-0.39, 0.29) is 0 Å². The molecule has 1 aromatic heterocycles. The van der Waals surface area contributed by atoms with Crippen molar-refractivity contribution in [1.29, 1.82) is 0 Å². The van der Waals surface area contributed by atoms with Gasteiger partial charge in [-0.2, -0.15) is 0 Å². The summed E-state index contributed by atoms with van der Waals surface area (Å²) in [6.07, 6.45) is 0. The van der Waals surface area contributed by atoms with Crippen molar-refractivity contribution in [2.24, 2.45) is 0 Å². The van der Waals surface area contributed by atoms with Crippen LogP contribution in [0.3, 0.4) is 0 Å². The lowest BCUT2D eigenvalue weighted by atomic mass is 10.1. The van der Waals surface area contributed by atoms with Gasteiger partial charge < -0.3 is 9.64 Å². The molecule has 0 atom stereocenters. The molecule has 1 aliphatic heterocycles. The van der Waals surface area contributed by atoms with E-state index < -0.39 is 10.0 Å². The van der Waals surface area contributed by atoms with Gasteiger partial charge in [-0.15, -0.1) is 11.3 Å². The number of fused-ring (bicyclic) bond motifs is 1. The third-order valence-corrected chi connectivity index (χ3v) is 10.0. The first-order chi connectivity index (χ1) is 17.3. The van der Waals surface area contributed by atoms with Gasteiger partial charge in [0.05, 0.1) is 18.5 Å². The molecule has 6 nitrogen and oxygen atoms in total. The monoisotopic (exact) mass is 541 g/mol. The lowest BCUT2D eigenvalue weighted by Crippen LogP contribution is -2.46. The summed E-state index contributed by atoms with van der Waals surface area (Å²) in [6.45, 7) is 6.23. The van der Waals surface area contributed by atoms with E-state index in [1.165, 1.54) is 16.9 Å². The minimum Gasteiger partial charge on any atom is -0.495 e. The Hall–Kier alpha value is -2.78. The Labute approximate surface area is 221 Å². The number of benzene rings is 3. The molecule has 1 N–H and O–H groups in total. The number of hydrogen-bond donors (Lipinski definition) is 1. The molecule has 1 saturated heterocycles. The van der Waals surface area contributed by atoms with Crippen LogP contribution in [0.5, 0.6) is 5.75 Å². The molecule has 1 fully saturated rings. The number of hydrogen-bond acceptors (Lipinski definition) is 6. The van der Waals surface area contributed by atoms with Gasteiger partial charge in [-0.25, -0.2) is 8.42 Å². The third-order valence-electron chi connectivity index (χ3n) is 6.49. The fourth-order valence-corrected chi connectivity index (χ4v) is 7.59. The van der Waals surface area contributed by atoms with Crippen LogP contribution in [0.1, 0.15) is 11.1 Å². The third kappa shape index (κ3) is 5.18. The summed E-state index contributed by atoms with van der Waals surface area (Å²) >= 11 is 7.38. The summed E-state index contributed by atoms with van der Waals surface area (Å²) in [7, 11) is -2.13. The van der Waals surface area contributed by atoms with Crippen molar-refractivity contribution in [1.82, 2.24) is 4.90 Å². The van der Waals surface area contributed by atoms with Crippen LogP contribution in [0.25, 0.3) is 10.1 Å². The van der Waals surface area contributed by atoms with E-state index in [1.54, 1.807) is 19.2 Å². The molecule has 0 amide bonds. The second kappa shape index (κ2) is 10.3. The van der Waals surface area contributed by atoms with Gasteiger partial charge in [0.25, 0.3) is 10.0 Å². The Morgan fingerprint density at radius 2 is 1.75 bits per heavy atom. The maximum atomic E-state index is 13.4. The second-order valence-electron chi connectivity index (χ2n) is 8.90. The van der Waals surface area contributed by atoms with Crippen molar-refractivity contribution < 1.29 is 13.2 Å². The predicted molar refractivity (Wildman–Crippen MR) is 149 cm³/mol. The Balaban J connectivity index is 1.34. The average Bonchev–Trinajstić information content (AvgIpc) is 3.21. The molecule has 0 unspecified atom stereocenters. The first-order valence-corrected chi connectivity index (χ1v) is 14.4. The molecule has 0 radical (unpaired) electrons. The van der Waals surface area contributed by atoms with Gasteiger partial charge in [-0.3, -0.25) is 9.62 Å². The van der Waals surface area contributed by atoms with Gasteiger partial charge in [-0.05, 0) is 59.8 Å². The van der Waals surface area contributed by atoms with Crippen LogP contribution in [-0.2, 0) is 16.6 Å². The molecule has 0 bridgehead atoms. The zero-order valence-electron chi connectivity index (χ0n) is 20.2. The SMILES string of the molecule is COc1ccc(NS(=O)(=O)c2sc3ccc(Cl)cc3c2C)cc1N1CCN(Cc2ccccc2)CC1. The van der Waals surface area contributed by atoms with Crippen LogP contribution in [0.4, 0.5) is 11.4 Å². The maximum absolute atomic E-state index is 13.4. The van der Waals surface area contributed by atoms with Gasteiger partial charge >= 0.3 is 0 Å².